The Bertz CT molecular complexity index is 981. The number of carbonyl (C=O) groups excluding carboxylic acids is 2. The molecular weight excluding hydrogens is 444 g/mol. The van der Waals surface area contributed by atoms with Crippen LogP contribution in [0.3, 0.4) is 0 Å². The van der Waals surface area contributed by atoms with Crippen LogP contribution in [0.4, 0.5) is 22.1 Å². The largest absolute Gasteiger partial charge is 0.364 e. The van der Waals surface area contributed by atoms with Gasteiger partial charge >= 0.3 is 6.03 Å². The lowest BCUT2D eigenvalue weighted by atomic mass is 9.89. The first-order valence-electron chi connectivity index (χ1n) is 12.2. The van der Waals surface area contributed by atoms with Gasteiger partial charge in [-0.25, -0.2) is 14.8 Å². The number of aromatic nitrogens is 2. The summed E-state index contributed by atoms with van der Waals surface area (Å²) in [6, 6.07) is 8.03. The number of primary amides is 2. The molecule has 4 rings (SSSR count). The number of benzene rings is 1. The van der Waals surface area contributed by atoms with E-state index in [0.717, 1.165) is 50.5 Å². The number of nitrogens with two attached hydrogens (primary N) is 2. The van der Waals surface area contributed by atoms with E-state index in [4.69, 9.17) is 11.5 Å². The zero-order chi connectivity index (χ0) is 25.4. The van der Waals surface area contributed by atoms with Crippen LogP contribution in [0.2, 0.25) is 0 Å². The highest BCUT2D eigenvalue weighted by Crippen LogP contribution is 2.29. The molecule has 2 saturated heterocycles. The molecule has 2 fully saturated rings. The predicted octanol–water partition coefficient (Wildman–Crippen LogP) is 2.75. The molecule has 1 aromatic heterocycles. The van der Waals surface area contributed by atoms with Gasteiger partial charge in [0.05, 0.1) is 6.20 Å². The average molecular weight is 483 g/mol. The number of rotatable bonds is 5. The molecule has 0 bridgehead atoms. The van der Waals surface area contributed by atoms with Crippen LogP contribution in [0.5, 0.6) is 0 Å². The maximum absolute atomic E-state index is 11.8. The average Bonchev–Trinajstić information content (AvgIpc) is 2.86. The van der Waals surface area contributed by atoms with Gasteiger partial charge in [-0.2, -0.15) is 0 Å². The smallest absolute Gasteiger partial charge is 0.314 e. The van der Waals surface area contributed by atoms with Crippen LogP contribution in [0.15, 0.2) is 30.5 Å². The molecule has 35 heavy (non-hydrogen) atoms. The minimum atomic E-state index is -0.576. The molecule has 0 aliphatic carbocycles. The maximum atomic E-state index is 11.8. The molecule has 0 saturated carbocycles. The number of anilines is 3. The van der Waals surface area contributed by atoms with Gasteiger partial charge in [0, 0.05) is 32.9 Å². The summed E-state index contributed by atoms with van der Waals surface area (Å²) in [6.07, 6.45) is 7.59. The maximum Gasteiger partial charge on any atom is 0.314 e. The van der Waals surface area contributed by atoms with Gasteiger partial charge in [-0.3, -0.25) is 4.79 Å². The molecule has 190 valence electrons. The number of likely N-dealkylation sites (tertiary alicyclic amines) is 1. The number of amides is 3. The first-order valence-corrected chi connectivity index (χ1v) is 12.2. The number of carbonyl (C=O) groups is 2. The van der Waals surface area contributed by atoms with Crippen molar-refractivity contribution in [3.8, 4) is 0 Å². The predicted molar refractivity (Wildman–Crippen MR) is 139 cm³/mol. The summed E-state index contributed by atoms with van der Waals surface area (Å²) in [5.74, 6) is 1.25. The van der Waals surface area contributed by atoms with Gasteiger partial charge in [0.2, 0.25) is 0 Å². The fraction of sp³-hybridized carbons (Fsp3) is 0.520. The van der Waals surface area contributed by atoms with Crippen molar-refractivity contribution in [1.29, 1.82) is 0 Å². The summed E-state index contributed by atoms with van der Waals surface area (Å²) in [4.78, 5) is 36.6. The summed E-state index contributed by atoms with van der Waals surface area (Å²) >= 11 is 0. The second kappa shape index (κ2) is 12.3. The summed E-state index contributed by atoms with van der Waals surface area (Å²) in [7, 11) is 5.38. The van der Waals surface area contributed by atoms with Crippen molar-refractivity contribution in [1.82, 2.24) is 19.8 Å². The SMILES string of the molecule is CN(C)C(N)=O.CN1CCC(c2ccc(Nc3nc(N4CCCCC4)cnc3C(N)=O)cc2)CC1. The van der Waals surface area contributed by atoms with Crippen molar-refractivity contribution in [2.24, 2.45) is 11.5 Å². The van der Waals surface area contributed by atoms with Crippen LogP contribution in [0.25, 0.3) is 0 Å². The fourth-order valence-corrected chi connectivity index (χ4v) is 4.24. The third-order valence-electron chi connectivity index (χ3n) is 6.48. The number of hydrogen-bond acceptors (Lipinski definition) is 7. The molecule has 3 heterocycles. The molecular formula is C25H38N8O2. The minimum absolute atomic E-state index is 0.171. The van der Waals surface area contributed by atoms with E-state index in [2.05, 4.69) is 44.3 Å². The van der Waals surface area contributed by atoms with Gasteiger partial charge in [0.25, 0.3) is 5.91 Å². The normalized spacial score (nSPS) is 16.7. The number of nitrogens with one attached hydrogen (secondary N) is 1. The van der Waals surface area contributed by atoms with Gasteiger partial charge < -0.3 is 31.5 Å². The van der Waals surface area contributed by atoms with Gasteiger partial charge in [-0.05, 0) is 75.9 Å². The van der Waals surface area contributed by atoms with E-state index in [1.165, 1.54) is 29.7 Å². The summed E-state index contributed by atoms with van der Waals surface area (Å²) in [5, 5.41) is 3.26. The van der Waals surface area contributed by atoms with Crippen molar-refractivity contribution in [2.75, 3.05) is 57.5 Å². The molecule has 0 spiro atoms. The lowest BCUT2D eigenvalue weighted by Crippen LogP contribution is -2.31. The molecule has 0 unspecified atom stereocenters. The lowest BCUT2D eigenvalue weighted by Gasteiger charge is -2.29. The number of nitrogens with zero attached hydrogens (tertiary/aromatic N) is 5. The van der Waals surface area contributed by atoms with Gasteiger partial charge in [0.1, 0.15) is 5.82 Å². The molecule has 0 radical (unpaired) electrons. The van der Waals surface area contributed by atoms with E-state index in [-0.39, 0.29) is 5.69 Å². The summed E-state index contributed by atoms with van der Waals surface area (Å²) < 4.78 is 0. The standard InChI is InChI=1S/C22H30N6O.C3H8N2O/c1-27-13-9-17(10-14-27)16-5-7-18(8-6-16)25-22-20(21(23)29)24-15-19(26-22)28-11-3-2-4-12-28;1-5(2)3(4)6/h5-8,15,17H,2-4,9-14H2,1H3,(H2,23,29)(H,25,26);1-2H3,(H2,4,6). The highest BCUT2D eigenvalue weighted by molar-refractivity contribution is 5.96. The lowest BCUT2D eigenvalue weighted by molar-refractivity contribution is 0.0996. The molecule has 10 nitrogen and oxygen atoms in total. The van der Waals surface area contributed by atoms with Crippen molar-refractivity contribution >= 4 is 29.3 Å². The highest BCUT2D eigenvalue weighted by Gasteiger charge is 2.20. The van der Waals surface area contributed by atoms with Crippen LogP contribution in [-0.2, 0) is 0 Å². The van der Waals surface area contributed by atoms with Gasteiger partial charge in [-0.1, -0.05) is 12.1 Å². The van der Waals surface area contributed by atoms with Crippen LogP contribution in [0.1, 0.15) is 54.1 Å². The van der Waals surface area contributed by atoms with Crippen molar-refractivity contribution in [3.05, 3.63) is 41.7 Å². The van der Waals surface area contributed by atoms with Crippen LogP contribution < -0.4 is 21.7 Å². The van der Waals surface area contributed by atoms with E-state index in [1.54, 1.807) is 20.3 Å². The Labute approximate surface area is 207 Å². The topological polar surface area (TPSA) is 134 Å². The van der Waals surface area contributed by atoms with Crippen LogP contribution >= 0.6 is 0 Å². The molecule has 1 aromatic carbocycles. The minimum Gasteiger partial charge on any atom is -0.364 e. The van der Waals surface area contributed by atoms with E-state index >= 15 is 0 Å². The molecule has 5 N–H and O–H groups in total. The van der Waals surface area contributed by atoms with E-state index in [9.17, 15) is 9.59 Å². The molecule has 2 aromatic rings. The monoisotopic (exact) mass is 482 g/mol. The third kappa shape index (κ3) is 7.54. The summed E-state index contributed by atoms with van der Waals surface area (Å²) in [6.45, 7) is 4.22. The van der Waals surface area contributed by atoms with E-state index in [1.807, 2.05) is 12.1 Å². The van der Waals surface area contributed by atoms with Crippen molar-refractivity contribution in [3.63, 3.8) is 0 Å². The van der Waals surface area contributed by atoms with E-state index in [0.29, 0.717) is 11.7 Å². The van der Waals surface area contributed by atoms with Crippen LogP contribution in [-0.4, -0.2) is 79.0 Å². The Kier molecular flexibility index (Phi) is 9.25. The zero-order valence-corrected chi connectivity index (χ0v) is 21.0. The number of hydrogen-bond donors (Lipinski definition) is 3. The van der Waals surface area contributed by atoms with Crippen LogP contribution in [0, 0.1) is 0 Å². The first kappa shape index (κ1) is 26.2. The molecule has 10 heteroatoms. The quantitative estimate of drug-likeness (QED) is 0.596. The first-order chi connectivity index (χ1) is 16.7. The third-order valence-corrected chi connectivity index (χ3v) is 6.48. The molecule has 3 amide bonds. The molecule has 2 aliphatic rings. The highest BCUT2D eigenvalue weighted by atomic mass is 16.2. The number of piperidine rings is 2. The van der Waals surface area contributed by atoms with Gasteiger partial charge in [-0.15, -0.1) is 0 Å². The second-order valence-corrected chi connectivity index (χ2v) is 9.39. The Hall–Kier alpha value is -3.40. The fourth-order valence-electron chi connectivity index (χ4n) is 4.24. The molecule has 2 aliphatic heterocycles. The number of urea groups is 1. The summed E-state index contributed by atoms with van der Waals surface area (Å²) in [5.41, 5.74) is 12.7. The van der Waals surface area contributed by atoms with E-state index < -0.39 is 11.9 Å². The van der Waals surface area contributed by atoms with Crippen molar-refractivity contribution < 1.29 is 9.59 Å². The Morgan fingerprint density at radius 2 is 1.60 bits per heavy atom. The Morgan fingerprint density at radius 1 is 1.00 bits per heavy atom. The van der Waals surface area contributed by atoms with Crippen molar-refractivity contribution in [2.45, 2.75) is 38.0 Å². The second-order valence-electron chi connectivity index (χ2n) is 9.39. The van der Waals surface area contributed by atoms with Gasteiger partial charge in [0.15, 0.2) is 11.5 Å². The molecule has 0 atom stereocenters. The zero-order valence-electron chi connectivity index (χ0n) is 21.0. The Balaban J connectivity index is 0.000000509. The Morgan fingerprint density at radius 3 is 2.14 bits per heavy atom.